The highest BCUT2D eigenvalue weighted by Gasteiger charge is 2.32. The summed E-state index contributed by atoms with van der Waals surface area (Å²) in [7, 11) is -3.78. The molecule has 0 aliphatic heterocycles. The van der Waals surface area contributed by atoms with Gasteiger partial charge in [0, 0.05) is 19.2 Å². The third-order valence-electron chi connectivity index (χ3n) is 2.51. The van der Waals surface area contributed by atoms with Gasteiger partial charge in [-0.1, -0.05) is 0 Å². The number of hydrogen-bond donors (Lipinski definition) is 2. The Balaban J connectivity index is 3.24. The van der Waals surface area contributed by atoms with Crippen molar-refractivity contribution in [2.24, 2.45) is 0 Å². The van der Waals surface area contributed by atoms with Crippen molar-refractivity contribution in [3.8, 4) is 0 Å². The van der Waals surface area contributed by atoms with Crippen molar-refractivity contribution >= 4 is 37.6 Å². The first kappa shape index (κ1) is 17.8. The first-order valence-corrected chi connectivity index (χ1v) is 8.50. The third-order valence-corrected chi connectivity index (χ3v) is 5.04. The number of hydrogen-bond acceptors (Lipinski definition) is 6. The van der Waals surface area contributed by atoms with Crippen LogP contribution in [0, 0.1) is 0 Å². The van der Waals surface area contributed by atoms with Gasteiger partial charge in [0.1, 0.15) is 9.90 Å². The SMILES string of the molecule is CC(=O)c1sc(NC(C)CC(F)(F)F)c(S(C)(=O)=O)c1N. The van der Waals surface area contributed by atoms with Gasteiger partial charge in [0.25, 0.3) is 0 Å². The largest absolute Gasteiger partial charge is 0.396 e. The van der Waals surface area contributed by atoms with E-state index in [-0.39, 0.29) is 20.5 Å². The van der Waals surface area contributed by atoms with E-state index in [2.05, 4.69) is 5.32 Å². The fourth-order valence-electron chi connectivity index (χ4n) is 1.78. The van der Waals surface area contributed by atoms with Crippen LogP contribution in [0.2, 0.25) is 0 Å². The number of thiophene rings is 1. The van der Waals surface area contributed by atoms with Crippen LogP contribution in [0.1, 0.15) is 29.9 Å². The highest BCUT2D eigenvalue weighted by Crippen LogP contribution is 2.40. The zero-order valence-corrected chi connectivity index (χ0v) is 13.2. The number of Topliss-reactive ketones (excluding diaryl/α,β-unsaturated/α-hetero) is 1. The standard InChI is InChI=1S/C11H15F3N2O3S2/c1-5(4-11(12,13)14)16-10-9(21(3,18)19)7(15)8(20-10)6(2)17/h5,16H,4,15H2,1-3H3. The fraction of sp³-hybridized carbons (Fsp3) is 0.545. The van der Waals surface area contributed by atoms with Gasteiger partial charge in [-0.25, -0.2) is 8.42 Å². The number of nitrogens with two attached hydrogens (primary N) is 1. The maximum absolute atomic E-state index is 12.3. The molecule has 0 aromatic carbocycles. The van der Waals surface area contributed by atoms with Gasteiger partial charge < -0.3 is 11.1 Å². The minimum Gasteiger partial charge on any atom is -0.396 e. The van der Waals surface area contributed by atoms with E-state index < -0.39 is 34.3 Å². The number of alkyl halides is 3. The quantitative estimate of drug-likeness (QED) is 0.802. The normalized spacial score (nSPS) is 14.0. The lowest BCUT2D eigenvalue weighted by Gasteiger charge is -2.16. The zero-order chi connectivity index (χ0) is 16.6. The Morgan fingerprint density at radius 1 is 1.43 bits per heavy atom. The number of anilines is 2. The van der Waals surface area contributed by atoms with Gasteiger partial charge in [0.15, 0.2) is 15.6 Å². The van der Waals surface area contributed by atoms with Gasteiger partial charge >= 0.3 is 6.18 Å². The highest BCUT2D eigenvalue weighted by molar-refractivity contribution is 7.91. The molecule has 0 saturated heterocycles. The van der Waals surface area contributed by atoms with Gasteiger partial charge in [0.05, 0.1) is 17.0 Å². The van der Waals surface area contributed by atoms with Crippen LogP contribution in [0.4, 0.5) is 23.9 Å². The molecule has 21 heavy (non-hydrogen) atoms. The molecule has 10 heteroatoms. The molecule has 1 heterocycles. The van der Waals surface area contributed by atoms with Crippen LogP contribution in [-0.2, 0) is 9.84 Å². The third kappa shape index (κ3) is 4.60. The summed E-state index contributed by atoms with van der Waals surface area (Å²) in [5.41, 5.74) is 5.42. The molecule has 0 radical (unpaired) electrons. The van der Waals surface area contributed by atoms with Crippen molar-refractivity contribution in [2.75, 3.05) is 17.3 Å². The van der Waals surface area contributed by atoms with Crippen LogP contribution in [0.15, 0.2) is 4.90 Å². The van der Waals surface area contributed by atoms with E-state index >= 15 is 0 Å². The molecule has 0 spiro atoms. The monoisotopic (exact) mass is 344 g/mol. The second-order valence-electron chi connectivity index (χ2n) is 4.70. The van der Waals surface area contributed by atoms with E-state index in [4.69, 9.17) is 5.73 Å². The van der Waals surface area contributed by atoms with Crippen LogP contribution in [0.25, 0.3) is 0 Å². The zero-order valence-electron chi connectivity index (χ0n) is 11.5. The number of carbonyl (C=O) groups is 1. The topological polar surface area (TPSA) is 89.3 Å². The summed E-state index contributed by atoms with van der Waals surface area (Å²) in [4.78, 5) is 11.1. The van der Waals surface area contributed by atoms with Crippen molar-refractivity contribution in [1.29, 1.82) is 0 Å². The molecule has 0 bridgehead atoms. The number of nitrogens with one attached hydrogen (secondary N) is 1. The number of rotatable bonds is 5. The second-order valence-corrected chi connectivity index (χ2v) is 7.67. The Kier molecular flexibility index (Phi) is 4.94. The number of sulfone groups is 1. The van der Waals surface area contributed by atoms with Crippen LogP contribution >= 0.6 is 11.3 Å². The number of ketones is 1. The van der Waals surface area contributed by atoms with E-state index in [0.29, 0.717) is 0 Å². The minimum atomic E-state index is -4.39. The summed E-state index contributed by atoms with van der Waals surface area (Å²) in [5, 5.41) is 2.43. The molecular formula is C11H15F3N2O3S2. The van der Waals surface area contributed by atoms with E-state index in [1.807, 2.05) is 0 Å². The molecule has 1 aromatic heterocycles. The average molecular weight is 344 g/mol. The number of halogens is 3. The average Bonchev–Trinajstić information content (AvgIpc) is 2.51. The molecule has 3 N–H and O–H groups in total. The van der Waals surface area contributed by atoms with Crippen LogP contribution in [0.3, 0.4) is 0 Å². The molecule has 1 unspecified atom stereocenters. The van der Waals surface area contributed by atoms with Crippen LogP contribution in [0.5, 0.6) is 0 Å². The molecule has 120 valence electrons. The first-order chi connectivity index (χ1) is 9.33. The molecule has 5 nitrogen and oxygen atoms in total. The molecular weight excluding hydrogens is 329 g/mol. The van der Waals surface area contributed by atoms with E-state index in [1.165, 1.54) is 13.8 Å². The summed E-state index contributed by atoms with van der Waals surface area (Å²) in [6.07, 6.45) is -4.64. The maximum atomic E-state index is 12.3. The molecule has 0 amide bonds. The Morgan fingerprint density at radius 3 is 2.33 bits per heavy atom. The van der Waals surface area contributed by atoms with Crippen molar-refractivity contribution in [3.05, 3.63) is 4.88 Å². The summed E-state index contributed by atoms with van der Waals surface area (Å²) in [5.74, 6) is -0.445. The first-order valence-electron chi connectivity index (χ1n) is 5.79. The lowest BCUT2D eigenvalue weighted by Crippen LogP contribution is -2.24. The van der Waals surface area contributed by atoms with Crippen molar-refractivity contribution < 1.29 is 26.4 Å². The lowest BCUT2D eigenvalue weighted by molar-refractivity contribution is -0.136. The van der Waals surface area contributed by atoms with Crippen molar-refractivity contribution in [1.82, 2.24) is 0 Å². The Morgan fingerprint density at radius 2 is 1.95 bits per heavy atom. The Bertz CT molecular complexity index is 650. The number of nitrogen functional groups attached to an aromatic ring is 1. The smallest absolute Gasteiger partial charge is 0.391 e. The Labute approximate surface area is 124 Å². The predicted octanol–water partition coefficient (Wildman–Crippen LogP) is 2.69. The van der Waals surface area contributed by atoms with Gasteiger partial charge in [-0.05, 0) is 6.92 Å². The van der Waals surface area contributed by atoms with Gasteiger partial charge in [-0.2, -0.15) is 13.2 Å². The van der Waals surface area contributed by atoms with Crippen LogP contribution < -0.4 is 11.1 Å². The fourth-order valence-corrected chi connectivity index (χ4v) is 4.34. The molecule has 0 aliphatic carbocycles. The van der Waals surface area contributed by atoms with Gasteiger partial charge in [-0.3, -0.25) is 4.79 Å². The van der Waals surface area contributed by atoms with E-state index in [1.54, 1.807) is 0 Å². The Hall–Kier alpha value is -1.29. The van der Waals surface area contributed by atoms with Gasteiger partial charge in [-0.15, -0.1) is 11.3 Å². The summed E-state index contributed by atoms with van der Waals surface area (Å²) in [6, 6.07) is -1.05. The predicted molar refractivity (Wildman–Crippen MR) is 75.6 cm³/mol. The molecule has 1 rings (SSSR count). The molecule has 0 saturated carbocycles. The summed E-state index contributed by atoms with van der Waals surface area (Å²) >= 11 is 0.743. The van der Waals surface area contributed by atoms with Crippen molar-refractivity contribution in [3.63, 3.8) is 0 Å². The molecule has 0 aliphatic rings. The molecule has 0 fully saturated rings. The van der Waals surface area contributed by atoms with Crippen LogP contribution in [-0.4, -0.2) is 32.7 Å². The number of carbonyl (C=O) groups excluding carboxylic acids is 1. The maximum Gasteiger partial charge on any atom is 0.391 e. The van der Waals surface area contributed by atoms with E-state index in [0.717, 1.165) is 17.6 Å². The summed E-state index contributed by atoms with van der Waals surface area (Å²) in [6.45, 7) is 2.47. The van der Waals surface area contributed by atoms with Gasteiger partial charge in [0.2, 0.25) is 0 Å². The molecule has 1 aromatic rings. The second kappa shape index (κ2) is 5.84. The minimum absolute atomic E-state index is 0.0112. The lowest BCUT2D eigenvalue weighted by atomic mass is 10.2. The van der Waals surface area contributed by atoms with Crippen molar-refractivity contribution in [2.45, 2.75) is 37.4 Å². The highest BCUT2D eigenvalue weighted by atomic mass is 32.2. The van der Waals surface area contributed by atoms with E-state index in [9.17, 15) is 26.4 Å². The summed E-state index contributed by atoms with van der Waals surface area (Å²) < 4.78 is 60.4. The molecule has 1 atom stereocenters.